The van der Waals surface area contributed by atoms with Crippen LogP contribution in [0.3, 0.4) is 0 Å². The van der Waals surface area contributed by atoms with Crippen LogP contribution in [-0.4, -0.2) is 25.5 Å². The molecule has 0 heterocycles. The van der Waals surface area contributed by atoms with E-state index in [9.17, 15) is 18.0 Å². The second-order valence-electron chi connectivity index (χ2n) is 5.52. The Morgan fingerprint density at radius 3 is 1.83 bits per heavy atom. The van der Waals surface area contributed by atoms with E-state index in [1.54, 1.807) is 20.8 Å². The molecular weight excluding hydrogens is 249 g/mol. The largest absolute Gasteiger partial charge is 0.435 e. The standard InChI is InChI=1S/C12H21F3O3/c1-7-11(5,12(13,14)15)8(16)18-9(17-6)10(2,3)4/h9H,7H2,1-6H3. The lowest BCUT2D eigenvalue weighted by atomic mass is 9.86. The Labute approximate surface area is 106 Å². The monoisotopic (exact) mass is 270 g/mol. The third-order valence-electron chi connectivity index (χ3n) is 2.92. The summed E-state index contributed by atoms with van der Waals surface area (Å²) in [6.45, 7) is 7.28. The fraction of sp³-hybridized carbons (Fsp3) is 0.917. The van der Waals surface area contributed by atoms with Crippen LogP contribution in [-0.2, 0) is 14.3 Å². The first kappa shape index (κ1) is 17.2. The third kappa shape index (κ3) is 3.60. The number of alkyl halides is 3. The van der Waals surface area contributed by atoms with E-state index in [-0.39, 0.29) is 6.42 Å². The number of carbonyl (C=O) groups is 1. The van der Waals surface area contributed by atoms with Crippen molar-refractivity contribution in [2.24, 2.45) is 10.8 Å². The molecule has 0 spiro atoms. The third-order valence-corrected chi connectivity index (χ3v) is 2.92. The normalized spacial score (nSPS) is 18.1. The molecule has 2 unspecified atom stereocenters. The Balaban J connectivity index is 5.06. The van der Waals surface area contributed by atoms with Crippen LogP contribution in [0, 0.1) is 10.8 Å². The number of hydrogen-bond acceptors (Lipinski definition) is 3. The summed E-state index contributed by atoms with van der Waals surface area (Å²) in [6.07, 6.45) is -6.04. The molecule has 0 aromatic carbocycles. The zero-order valence-electron chi connectivity index (χ0n) is 11.6. The minimum atomic E-state index is -4.64. The molecule has 2 atom stereocenters. The summed E-state index contributed by atoms with van der Waals surface area (Å²) in [5, 5.41) is 0. The summed E-state index contributed by atoms with van der Waals surface area (Å²) in [7, 11) is 1.29. The molecule has 0 amide bonds. The van der Waals surface area contributed by atoms with Gasteiger partial charge in [-0.25, -0.2) is 0 Å². The fourth-order valence-corrected chi connectivity index (χ4v) is 1.27. The summed E-state index contributed by atoms with van der Waals surface area (Å²) in [4.78, 5) is 11.7. The number of halogens is 3. The van der Waals surface area contributed by atoms with E-state index in [0.717, 1.165) is 6.92 Å². The Morgan fingerprint density at radius 2 is 1.61 bits per heavy atom. The van der Waals surface area contributed by atoms with Gasteiger partial charge >= 0.3 is 12.1 Å². The van der Waals surface area contributed by atoms with Gasteiger partial charge in [-0.3, -0.25) is 4.79 Å². The molecule has 0 aromatic rings. The van der Waals surface area contributed by atoms with Gasteiger partial charge in [-0.2, -0.15) is 13.2 Å². The summed E-state index contributed by atoms with van der Waals surface area (Å²) in [6, 6.07) is 0. The highest BCUT2D eigenvalue weighted by molar-refractivity contribution is 5.77. The molecule has 0 radical (unpaired) electrons. The summed E-state index contributed by atoms with van der Waals surface area (Å²) < 4.78 is 48.4. The second kappa shape index (κ2) is 5.47. The predicted molar refractivity (Wildman–Crippen MR) is 60.8 cm³/mol. The maximum absolute atomic E-state index is 12.9. The molecule has 18 heavy (non-hydrogen) atoms. The van der Waals surface area contributed by atoms with Crippen molar-refractivity contribution in [1.29, 1.82) is 0 Å². The number of carbonyl (C=O) groups excluding carboxylic acids is 1. The van der Waals surface area contributed by atoms with E-state index in [4.69, 9.17) is 9.47 Å². The van der Waals surface area contributed by atoms with Gasteiger partial charge in [0, 0.05) is 12.5 Å². The molecule has 0 N–H and O–H groups in total. The van der Waals surface area contributed by atoms with Crippen molar-refractivity contribution < 1.29 is 27.4 Å². The van der Waals surface area contributed by atoms with Gasteiger partial charge in [0.1, 0.15) is 0 Å². The Morgan fingerprint density at radius 1 is 1.17 bits per heavy atom. The summed E-state index contributed by atoms with van der Waals surface area (Å²) >= 11 is 0. The highest BCUT2D eigenvalue weighted by Gasteiger charge is 2.57. The molecule has 0 aromatic heterocycles. The second-order valence-corrected chi connectivity index (χ2v) is 5.52. The van der Waals surface area contributed by atoms with E-state index >= 15 is 0 Å². The van der Waals surface area contributed by atoms with Crippen LogP contribution in [0.5, 0.6) is 0 Å². The minimum absolute atomic E-state index is 0.379. The highest BCUT2D eigenvalue weighted by Crippen LogP contribution is 2.42. The smallest absolute Gasteiger partial charge is 0.404 e. The number of rotatable bonds is 4. The lowest BCUT2D eigenvalue weighted by molar-refractivity contribution is -0.250. The van der Waals surface area contributed by atoms with E-state index in [2.05, 4.69) is 0 Å². The Hall–Kier alpha value is -0.780. The van der Waals surface area contributed by atoms with Crippen LogP contribution in [0.25, 0.3) is 0 Å². The number of hydrogen-bond donors (Lipinski definition) is 0. The average molecular weight is 270 g/mol. The average Bonchev–Trinajstić information content (AvgIpc) is 2.20. The lowest BCUT2D eigenvalue weighted by Gasteiger charge is -2.34. The van der Waals surface area contributed by atoms with Gasteiger partial charge in [0.2, 0.25) is 6.29 Å². The summed E-state index contributed by atoms with van der Waals surface area (Å²) in [5.41, 5.74) is -3.10. The van der Waals surface area contributed by atoms with Gasteiger partial charge in [-0.15, -0.1) is 0 Å². The van der Waals surface area contributed by atoms with E-state index < -0.39 is 29.3 Å². The van der Waals surface area contributed by atoms with Crippen LogP contribution in [0.4, 0.5) is 13.2 Å². The van der Waals surface area contributed by atoms with Gasteiger partial charge in [0.05, 0.1) is 0 Å². The summed E-state index contributed by atoms with van der Waals surface area (Å²) in [5.74, 6) is -1.31. The molecule has 0 bridgehead atoms. The molecule has 0 saturated heterocycles. The minimum Gasteiger partial charge on any atom is -0.435 e. The van der Waals surface area contributed by atoms with Gasteiger partial charge in [-0.05, 0) is 13.3 Å². The van der Waals surface area contributed by atoms with E-state index in [1.165, 1.54) is 14.0 Å². The first-order valence-corrected chi connectivity index (χ1v) is 5.70. The van der Waals surface area contributed by atoms with Crippen LogP contribution in [0.15, 0.2) is 0 Å². The van der Waals surface area contributed by atoms with Crippen molar-refractivity contribution >= 4 is 5.97 Å². The zero-order chi connectivity index (χ0) is 14.8. The topological polar surface area (TPSA) is 35.5 Å². The van der Waals surface area contributed by atoms with Crippen molar-refractivity contribution in [2.75, 3.05) is 7.11 Å². The first-order valence-electron chi connectivity index (χ1n) is 5.70. The predicted octanol–water partition coefficient (Wildman–Crippen LogP) is 3.53. The molecule has 0 rings (SSSR count). The Kier molecular flexibility index (Phi) is 5.23. The van der Waals surface area contributed by atoms with Crippen molar-refractivity contribution in [1.82, 2.24) is 0 Å². The van der Waals surface area contributed by atoms with Crippen LogP contribution in [0.2, 0.25) is 0 Å². The number of esters is 1. The molecule has 3 nitrogen and oxygen atoms in total. The van der Waals surface area contributed by atoms with Crippen molar-refractivity contribution in [3.63, 3.8) is 0 Å². The quantitative estimate of drug-likeness (QED) is 0.579. The highest BCUT2D eigenvalue weighted by atomic mass is 19.4. The molecular formula is C12H21F3O3. The maximum atomic E-state index is 12.9. The molecule has 0 aliphatic rings. The molecule has 0 aliphatic carbocycles. The van der Waals surface area contributed by atoms with Crippen LogP contribution < -0.4 is 0 Å². The Bertz CT molecular complexity index is 294. The number of methoxy groups -OCH3 is 1. The maximum Gasteiger partial charge on any atom is 0.404 e. The van der Waals surface area contributed by atoms with Crippen molar-refractivity contribution in [2.45, 2.75) is 53.5 Å². The zero-order valence-corrected chi connectivity index (χ0v) is 11.6. The SMILES string of the molecule is CCC(C)(C(=O)OC(OC)C(C)(C)C)C(F)(F)F. The first-order chi connectivity index (χ1) is 7.90. The van der Waals surface area contributed by atoms with Gasteiger partial charge < -0.3 is 9.47 Å². The van der Waals surface area contributed by atoms with Crippen LogP contribution in [0.1, 0.15) is 41.0 Å². The van der Waals surface area contributed by atoms with Gasteiger partial charge in [0.25, 0.3) is 0 Å². The number of ether oxygens (including phenoxy) is 2. The van der Waals surface area contributed by atoms with Crippen molar-refractivity contribution in [3.8, 4) is 0 Å². The molecule has 0 aliphatic heterocycles. The van der Waals surface area contributed by atoms with Crippen molar-refractivity contribution in [3.05, 3.63) is 0 Å². The molecule has 0 saturated carbocycles. The van der Waals surface area contributed by atoms with Crippen LogP contribution >= 0.6 is 0 Å². The fourth-order valence-electron chi connectivity index (χ4n) is 1.27. The van der Waals surface area contributed by atoms with Gasteiger partial charge in [-0.1, -0.05) is 27.7 Å². The van der Waals surface area contributed by atoms with E-state index in [0.29, 0.717) is 0 Å². The molecule has 108 valence electrons. The lowest BCUT2D eigenvalue weighted by Crippen LogP contribution is -2.46. The molecule has 0 fully saturated rings. The van der Waals surface area contributed by atoms with E-state index in [1.807, 2.05) is 0 Å². The van der Waals surface area contributed by atoms with Gasteiger partial charge in [0.15, 0.2) is 5.41 Å². The molecule has 6 heteroatoms.